The van der Waals surface area contributed by atoms with Crippen LogP contribution in [0, 0.1) is 0 Å². The SMILES string of the molecule is CN(Cc1nc(-c2cccs2)no1)Cc1nc2c(s1)CCCC2. The zero-order chi connectivity index (χ0) is 15.6. The van der Waals surface area contributed by atoms with E-state index >= 15 is 0 Å². The molecule has 0 aromatic carbocycles. The number of thiophene rings is 1. The highest BCUT2D eigenvalue weighted by molar-refractivity contribution is 7.13. The van der Waals surface area contributed by atoms with Crippen LogP contribution in [0.1, 0.15) is 34.3 Å². The predicted octanol–water partition coefficient (Wildman–Crippen LogP) is 3.77. The topological polar surface area (TPSA) is 55.1 Å². The van der Waals surface area contributed by atoms with Gasteiger partial charge in [-0.25, -0.2) is 4.98 Å². The Morgan fingerprint density at radius 2 is 2.13 bits per heavy atom. The van der Waals surface area contributed by atoms with Crippen molar-refractivity contribution in [2.24, 2.45) is 0 Å². The Kier molecular flexibility index (Phi) is 4.24. The minimum absolute atomic E-state index is 0.641. The minimum Gasteiger partial charge on any atom is -0.338 e. The van der Waals surface area contributed by atoms with E-state index in [1.54, 1.807) is 11.3 Å². The lowest BCUT2D eigenvalue weighted by Gasteiger charge is -2.11. The summed E-state index contributed by atoms with van der Waals surface area (Å²) in [7, 11) is 2.06. The first-order chi connectivity index (χ1) is 11.3. The average molecular weight is 346 g/mol. The van der Waals surface area contributed by atoms with Gasteiger partial charge >= 0.3 is 0 Å². The number of fused-ring (bicyclic) bond motifs is 1. The molecule has 0 fully saturated rings. The van der Waals surface area contributed by atoms with Gasteiger partial charge in [0.15, 0.2) is 0 Å². The molecule has 0 spiro atoms. The maximum absolute atomic E-state index is 5.36. The summed E-state index contributed by atoms with van der Waals surface area (Å²) in [5.74, 6) is 1.32. The maximum atomic E-state index is 5.36. The molecule has 0 unspecified atom stereocenters. The number of hydrogen-bond acceptors (Lipinski definition) is 7. The van der Waals surface area contributed by atoms with Crippen LogP contribution in [0.4, 0.5) is 0 Å². The van der Waals surface area contributed by atoms with E-state index < -0.39 is 0 Å². The van der Waals surface area contributed by atoms with Crippen molar-refractivity contribution in [2.75, 3.05) is 7.05 Å². The van der Waals surface area contributed by atoms with E-state index in [0.717, 1.165) is 17.8 Å². The first kappa shape index (κ1) is 15.0. The standard InChI is InChI=1S/C16H18N4OS2/c1-20(10-15-17-11-5-2-3-6-12(11)23-15)9-14-18-16(19-21-14)13-7-4-8-22-13/h4,7-8H,2-3,5-6,9-10H2,1H3. The molecule has 0 saturated carbocycles. The highest BCUT2D eigenvalue weighted by atomic mass is 32.1. The molecule has 3 heterocycles. The van der Waals surface area contributed by atoms with Crippen molar-refractivity contribution in [1.29, 1.82) is 0 Å². The Bertz CT molecular complexity index is 754. The second-order valence-electron chi connectivity index (χ2n) is 5.85. The van der Waals surface area contributed by atoms with Crippen molar-refractivity contribution in [2.45, 2.75) is 38.8 Å². The van der Waals surface area contributed by atoms with Gasteiger partial charge in [-0.1, -0.05) is 11.2 Å². The number of hydrogen-bond donors (Lipinski definition) is 0. The Hall–Kier alpha value is -1.57. The molecule has 3 aromatic rings. The molecule has 1 aliphatic rings. The highest BCUT2D eigenvalue weighted by Gasteiger charge is 2.17. The zero-order valence-electron chi connectivity index (χ0n) is 13.0. The Morgan fingerprint density at radius 3 is 2.96 bits per heavy atom. The van der Waals surface area contributed by atoms with Gasteiger partial charge in [-0.05, 0) is 44.2 Å². The summed E-state index contributed by atoms with van der Waals surface area (Å²) in [6.45, 7) is 1.47. The van der Waals surface area contributed by atoms with Gasteiger partial charge in [0.25, 0.3) is 0 Å². The number of thiazole rings is 1. The van der Waals surface area contributed by atoms with Gasteiger partial charge in [-0.3, -0.25) is 4.90 Å². The third-order valence-electron chi connectivity index (χ3n) is 3.91. The summed E-state index contributed by atoms with van der Waals surface area (Å²) < 4.78 is 5.36. The second kappa shape index (κ2) is 6.51. The van der Waals surface area contributed by atoms with E-state index in [1.807, 2.05) is 28.8 Å². The molecular weight excluding hydrogens is 328 g/mol. The van der Waals surface area contributed by atoms with Gasteiger partial charge in [0.2, 0.25) is 11.7 Å². The molecule has 0 amide bonds. The lowest BCUT2D eigenvalue weighted by atomic mass is 10.0. The van der Waals surface area contributed by atoms with Gasteiger partial charge in [0.05, 0.1) is 23.7 Å². The molecule has 0 N–H and O–H groups in total. The van der Waals surface area contributed by atoms with Crippen molar-refractivity contribution >= 4 is 22.7 Å². The quantitative estimate of drug-likeness (QED) is 0.704. The first-order valence-corrected chi connectivity index (χ1v) is 9.50. The van der Waals surface area contributed by atoms with E-state index in [9.17, 15) is 0 Å². The molecule has 5 nitrogen and oxygen atoms in total. The summed E-state index contributed by atoms with van der Waals surface area (Å²) in [6.07, 6.45) is 4.92. The van der Waals surface area contributed by atoms with Crippen molar-refractivity contribution in [3.05, 3.63) is 39.0 Å². The van der Waals surface area contributed by atoms with Gasteiger partial charge in [-0.2, -0.15) is 4.98 Å². The second-order valence-corrected chi connectivity index (χ2v) is 7.96. The third kappa shape index (κ3) is 3.36. The lowest BCUT2D eigenvalue weighted by Crippen LogP contribution is -2.17. The Balaban J connectivity index is 1.40. The van der Waals surface area contributed by atoms with Gasteiger partial charge in [0, 0.05) is 4.88 Å². The summed E-state index contributed by atoms with van der Waals surface area (Å²) in [4.78, 5) is 14.0. The zero-order valence-corrected chi connectivity index (χ0v) is 14.6. The molecule has 0 saturated heterocycles. The van der Waals surface area contributed by atoms with Crippen LogP contribution in [0.3, 0.4) is 0 Å². The third-order valence-corrected chi connectivity index (χ3v) is 5.92. The smallest absolute Gasteiger partial charge is 0.241 e. The van der Waals surface area contributed by atoms with Crippen LogP contribution in [-0.2, 0) is 25.9 Å². The fourth-order valence-corrected chi connectivity index (χ4v) is 4.70. The normalized spacial score (nSPS) is 14.3. The Morgan fingerprint density at radius 1 is 1.22 bits per heavy atom. The van der Waals surface area contributed by atoms with E-state index in [0.29, 0.717) is 18.3 Å². The van der Waals surface area contributed by atoms with Crippen LogP contribution >= 0.6 is 22.7 Å². The summed E-state index contributed by atoms with van der Waals surface area (Å²) in [5.41, 5.74) is 1.32. The van der Waals surface area contributed by atoms with Crippen LogP contribution in [-0.4, -0.2) is 27.1 Å². The van der Waals surface area contributed by atoms with Crippen LogP contribution in [0.25, 0.3) is 10.7 Å². The van der Waals surface area contributed by atoms with Crippen LogP contribution < -0.4 is 0 Å². The first-order valence-electron chi connectivity index (χ1n) is 7.80. The van der Waals surface area contributed by atoms with Gasteiger partial charge in [0.1, 0.15) is 5.01 Å². The summed E-state index contributed by atoms with van der Waals surface area (Å²) in [5, 5.41) is 7.26. The lowest BCUT2D eigenvalue weighted by molar-refractivity contribution is 0.260. The number of aromatic nitrogens is 3. The van der Waals surface area contributed by atoms with E-state index in [2.05, 4.69) is 22.1 Å². The monoisotopic (exact) mass is 346 g/mol. The van der Waals surface area contributed by atoms with Crippen molar-refractivity contribution in [3.8, 4) is 10.7 Å². The van der Waals surface area contributed by atoms with Crippen molar-refractivity contribution in [3.63, 3.8) is 0 Å². The van der Waals surface area contributed by atoms with E-state index in [4.69, 9.17) is 9.51 Å². The predicted molar refractivity (Wildman–Crippen MR) is 91.5 cm³/mol. The fraction of sp³-hybridized carbons (Fsp3) is 0.438. The fourth-order valence-electron chi connectivity index (χ4n) is 2.82. The van der Waals surface area contributed by atoms with Gasteiger partial charge in [-0.15, -0.1) is 22.7 Å². The van der Waals surface area contributed by atoms with Gasteiger partial charge < -0.3 is 4.52 Å². The number of rotatable bonds is 5. The van der Waals surface area contributed by atoms with E-state index in [1.165, 1.54) is 34.8 Å². The molecule has 0 aliphatic heterocycles. The molecule has 120 valence electrons. The minimum atomic E-state index is 0.641. The summed E-state index contributed by atoms with van der Waals surface area (Å²) in [6, 6.07) is 4.00. The molecule has 7 heteroatoms. The average Bonchev–Trinajstić information content (AvgIpc) is 3.26. The Labute approximate surface area is 143 Å². The number of aryl methyl sites for hydroxylation is 2. The molecule has 0 radical (unpaired) electrons. The molecule has 0 bridgehead atoms. The maximum Gasteiger partial charge on any atom is 0.241 e. The molecule has 0 atom stereocenters. The van der Waals surface area contributed by atoms with Crippen LogP contribution in [0.5, 0.6) is 0 Å². The molecule has 23 heavy (non-hydrogen) atoms. The summed E-state index contributed by atoms with van der Waals surface area (Å²) >= 11 is 3.48. The highest BCUT2D eigenvalue weighted by Crippen LogP contribution is 2.27. The molecule has 1 aliphatic carbocycles. The molecule has 4 rings (SSSR count). The molecular formula is C16H18N4OS2. The molecule has 3 aromatic heterocycles. The van der Waals surface area contributed by atoms with Crippen LogP contribution in [0.2, 0.25) is 0 Å². The van der Waals surface area contributed by atoms with Crippen molar-refractivity contribution < 1.29 is 4.52 Å². The van der Waals surface area contributed by atoms with Crippen LogP contribution in [0.15, 0.2) is 22.0 Å². The number of nitrogens with zero attached hydrogens (tertiary/aromatic N) is 4. The van der Waals surface area contributed by atoms with E-state index in [-0.39, 0.29) is 0 Å². The van der Waals surface area contributed by atoms with Crippen molar-refractivity contribution in [1.82, 2.24) is 20.0 Å². The largest absolute Gasteiger partial charge is 0.338 e.